The van der Waals surface area contributed by atoms with Gasteiger partial charge >= 0.3 is 0 Å². The quantitative estimate of drug-likeness (QED) is 0.827. The summed E-state index contributed by atoms with van der Waals surface area (Å²) in [5, 5.41) is 11.7. The SMILES string of the molecule is CN[C@H](CC#N)Cc1ccccc1.Cl. The Kier molecular flexibility index (Phi) is 6.82. The molecule has 0 saturated heterocycles. The molecule has 0 bridgehead atoms. The molecule has 14 heavy (non-hydrogen) atoms. The molecule has 0 aliphatic rings. The normalized spacial score (nSPS) is 11.1. The average molecular weight is 211 g/mol. The summed E-state index contributed by atoms with van der Waals surface area (Å²) in [6, 6.07) is 12.7. The van der Waals surface area contributed by atoms with E-state index in [9.17, 15) is 0 Å². The third kappa shape index (κ3) is 4.27. The van der Waals surface area contributed by atoms with Crippen LogP contribution in [0.2, 0.25) is 0 Å². The van der Waals surface area contributed by atoms with Gasteiger partial charge in [0, 0.05) is 6.04 Å². The molecule has 0 radical (unpaired) electrons. The highest BCUT2D eigenvalue weighted by molar-refractivity contribution is 5.85. The molecule has 0 amide bonds. The van der Waals surface area contributed by atoms with E-state index in [2.05, 4.69) is 23.5 Å². The van der Waals surface area contributed by atoms with Crippen LogP contribution in [0.1, 0.15) is 12.0 Å². The molecule has 1 atom stereocenters. The lowest BCUT2D eigenvalue weighted by atomic mass is 10.0. The van der Waals surface area contributed by atoms with Crippen LogP contribution in [0.3, 0.4) is 0 Å². The van der Waals surface area contributed by atoms with E-state index in [-0.39, 0.29) is 18.4 Å². The predicted molar refractivity (Wildman–Crippen MR) is 60.5 cm³/mol. The maximum atomic E-state index is 8.56. The molecule has 76 valence electrons. The number of halogens is 1. The van der Waals surface area contributed by atoms with E-state index in [0.717, 1.165) is 6.42 Å². The van der Waals surface area contributed by atoms with Crippen molar-refractivity contribution < 1.29 is 0 Å². The molecule has 1 aromatic rings. The largest absolute Gasteiger partial charge is 0.316 e. The van der Waals surface area contributed by atoms with Crippen LogP contribution in [-0.4, -0.2) is 13.1 Å². The highest BCUT2D eigenvalue weighted by Crippen LogP contribution is 2.04. The summed E-state index contributed by atoms with van der Waals surface area (Å²) in [5.74, 6) is 0. The maximum Gasteiger partial charge on any atom is 0.0638 e. The van der Waals surface area contributed by atoms with E-state index in [1.165, 1.54) is 5.56 Å². The van der Waals surface area contributed by atoms with Crippen LogP contribution < -0.4 is 5.32 Å². The predicted octanol–water partition coefficient (Wildman–Crippen LogP) is 2.15. The number of nitrogens with zero attached hydrogens (tertiary/aromatic N) is 1. The van der Waals surface area contributed by atoms with Crippen molar-refractivity contribution in [3.63, 3.8) is 0 Å². The Morgan fingerprint density at radius 2 is 2.00 bits per heavy atom. The number of hydrogen-bond acceptors (Lipinski definition) is 2. The monoisotopic (exact) mass is 210 g/mol. The van der Waals surface area contributed by atoms with Gasteiger partial charge in [-0.15, -0.1) is 12.4 Å². The Morgan fingerprint density at radius 3 is 2.50 bits per heavy atom. The molecule has 1 rings (SSSR count). The third-order valence-corrected chi connectivity index (χ3v) is 2.07. The average Bonchev–Trinajstić information content (AvgIpc) is 2.19. The fourth-order valence-electron chi connectivity index (χ4n) is 1.29. The zero-order valence-corrected chi connectivity index (χ0v) is 9.05. The third-order valence-electron chi connectivity index (χ3n) is 2.07. The van der Waals surface area contributed by atoms with Crippen LogP contribution in [0.15, 0.2) is 30.3 Å². The number of nitrogens with one attached hydrogen (secondary N) is 1. The first-order valence-electron chi connectivity index (χ1n) is 4.45. The highest BCUT2D eigenvalue weighted by Gasteiger charge is 2.05. The Hall–Kier alpha value is -1.04. The second-order valence-corrected chi connectivity index (χ2v) is 3.04. The Bertz CT molecular complexity index is 279. The van der Waals surface area contributed by atoms with Gasteiger partial charge in [-0.05, 0) is 19.0 Å². The van der Waals surface area contributed by atoms with Crippen LogP contribution >= 0.6 is 12.4 Å². The smallest absolute Gasteiger partial charge is 0.0638 e. The molecule has 0 aliphatic heterocycles. The first kappa shape index (κ1) is 13.0. The summed E-state index contributed by atoms with van der Waals surface area (Å²) >= 11 is 0. The van der Waals surface area contributed by atoms with Crippen molar-refractivity contribution in [2.75, 3.05) is 7.05 Å². The minimum Gasteiger partial charge on any atom is -0.316 e. The summed E-state index contributed by atoms with van der Waals surface area (Å²) in [6.45, 7) is 0. The van der Waals surface area contributed by atoms with E-state index >= 15 is 0 Å². The summed E-state index contributed by atoms with van der Waals surface area (Å²) in [4.78, 5) is 0. The van der Waals surface area contributed by atoms with E-state index < -0.39 is 0 Å². The first-order valence-corrected chi connectivity index (χ1v) is 4.45. The van der Waals surface area contributed by atoms with Crippen LogP contribution in [0, 0.1) is 11.3 Å². The first-order chi connectivity index (χ1) is 6.36. The lowest BCUT2D eigenvalue weighted by molar-refractivity contribution is 0.570. The molecule has 1 N–H and O–H groups in total. The van der Waals surface area contributed by atoms with Crippen molar-refractivity contribution in [1.29, 1.82) is 5.26 Å². The number of rotatable bonds is 4. The maximum absolute atomic E-state index is 8.56. The molecule has 1 aromatic carbocycles. The number of hydrogen-bond donors (Lipinski definition) is 1. The lowest BCUT2D eigenvalue weighted by Crippen LogP contribution is -2.26. The molecule has 0 aliphatic carbocycles. The fourth-order valence-corrected chi connectivity index (χ4v) is 1.29. The van der Waals surface area contributed by atoms with Gasteiger partial charge in [-0.3, -0.25) is 0 Å². The van der Waals surface area contributed by atoms with Gasteiger partial charge in [0.1, 0.15) is 0 Å². The fraction of sp³-hybridized carbons (Fsp3) is 0.364. The molecule has 0 heterocycles. The van der Waals surface area contributed by atoms with Crippen LogP contribution in [0.5, 0.6) is 0 Å². The standard InChI is InChI=1S/C11H14N2.ClH/c1-13-11(7-8-12)9-10-5-3-2-4-6-10;/h2-6,11,13H,7,9H2,1H3;1H/t11-;/m1./s1. The van der Waals surface area contributed by atoms with Gasteiger partial charge in [-0.25, -0.2) is 0 Å². The minimum atomic E-state index is 0. The summed E-state index contributed by atoms with van der Waals surface area (Å²) in [7, 11) is 1.89. The van der Waals surface area contributed by atoms with Crippen LogP contribution in [0.25, 0.3) is 0 Å². The Labute approximate surface area is 91.4 Å². The lowest BCUT2D eigenvalue weighted by Gasteiger charge is -2.11. The van der Waals surface area contributed by atoms with Gasteiger partial charge in [0.15, 0.2) is 0 Å². The van der Waals surface area contributed by atoms with Gasteiger partial charge in [-0.1, -0.05) is 30.3 Å². The van der Waals surface area contributed by atoms with Gasteiger partial charge < -0.3 is 5.32 Å². The Balaban J connectivity index is 0.00000169. The molecule has 0 aromatic heterocycles. The van der Waals surface area contributed by atoms with E-state index in [4.69, 9.17) is 5.26 Å². The molecular weight excluding hydrogens is 196 g/mol. The molecule has 3 heteroatoms. The molecule has 2 nitrogen and oxygen atoms in total. The molecule has 0 fully saturated rings. The van der Waals surface area contributed by atoms with Gasteiger partial charge in [0.2, 0.25) is 0 Å². The number of likely N-dealkylation sites (N-methyl/N-ethyl adjacent to an activating group) is 1. The van der Waals surface area contributed by atoms with Gasteiger partial charge in [-0.2, -0.15) is 5.26 Å². The molecule has 0 saturated carbocycles. The van der Waals surface area contributed by atoms with Crippen molar-refractivity contribution in [2.45, 2.75) is 18.9 Å². The molecule has 0 spiro atoms. The van der Waals surface area contributed by atoms with Crippen molar-refractivity contribution in [2.24, 2.45) is 0 Å². The van der Waals surface area contributed by atoms with Crippen LogP contribution in [0.4, 0.5) is 0 Å². The van der Waals surface area contributed by atoms with Crippen molar-refractivity contribution >= 4 is 12.4 Å². The van der Waals surface area contributed by atoms with Crippen molar-refractivity contribution in [3.05, 3.63) is 35.9 Å². The van der Waals surface area contributed by atoms with Crippen LogP contribution in [-0.2, 0) is 6.42 Å². The summed E-state index contributed by atoms with van der Waals surface area (Å²) in [6.07, 6.45) is 1.48. The van der Waals surface area contributed by atoms with E-state index in [1.807, 2.05) is 25.2 Å². The van der Waals surface area contributed by atoms with E-state index in [0.29, 0.717) is 6.42 Å². The zero-order valence-electron chi connectivity index (χ0n) is 8.23. The van der Waals surface area contributed by atoms with Crippen molar-refractivity contribution in [1.82, 2.24) is 5.32 Å². The van der Waals surface area contributed by atoms with Gasteiger partial charge in [0.25, 0.3) is 0 Å². The minimum absolute atomic E-state index is 0. The Morgan fingerprint density at radius 1 is 1.36 bits per heavy atom. The summed E-state index contributed by atoms with van der Waals surface area (Å²) < 4.78 is 0. The molecule has 0 unspecified atom stereocenters. The van der Waals surface area contributed by atoms with Crippen molar-refractivity contribution in [3.8, 4) is 6.07 Å². The second-order valence-electron chi connectivity index (χ2n) is 3.04. The summed E-state index contributed by atoms with van der Waals surface area (Å²) in [5.41, 5.74) is 1.28. The number of benzene rings is 1. The van der Waals surface area contributed by atoms with Gasteiger partial charge in [0.05, 0.1) is 12.5 Å². The topological polar surface area (TPSA) is 35.8 Å². The highest BCUT2D eigenvalue weighted by atomic mass is 35.5. The van der Waals surface area contributed by atoms with E-state index in [1.54, 1.807) is 0 Å². The zero-order chi connectivity index (χ0) is 9.52. The number of nitriles is 1. The second kappa shape index (κ2) is 7.37. The molecular formula is C11H15ClN2.